The molecule has 1 fully saturated rings. The summed E-state index contributed by atoms with van der Waals surface area (Å²) < 4.78 is 23.4. The van der Waals surface area contributed by atoms with E-state index in [9.17, 15) is 14.0 Å². The molecule has 28 heavy (non-hydrogen) atoms. The van der Waals surface area contributed by atoms with Crippen molar-refractivity contribution >= 4 is 40.3 Å². The maximum absolute atomic E-state index is 12.9. The fraction of sp³-hybridized carbons (Fsp3) is 0.111. The molecule has 0 radical (unpaired) electrons. The van der Waals surface area contributed by atoms with Gasteiger partial charge < -0.3 is 9.26 Å². The lowest BCUT2D eigenvalue weighted by molar-refractivity contribution is -0.123. The number of ether oxygens (including phenoxy) is 1. The van der Waals surface area contributed by atoms with Crippen LogP contribution in [0, 0.1) is 5.82 Å². The van der Waals surface area contributed by atoms with Gasteiger partial charge in [0.25, 0.3) is 11.1 Å². The van der Waals surface area contributed by atoms with E-state index in [2.05, 4.69) is 10.1 Å². The number of thiophene rings is 1. The van der Waals surface area contributed by atoms with Crippen molar-refractivity contribution < 1.29 is 23.2 Å². The number of thioether (sulfide) groups is 1. The highest BCUT2D eigenvalue weighted by molar-refractivity contribution is 8.18. The van der Waals surface area contributed by atoms with Gasteiger partial charge in [0, 0.05) is 4.88 Å². The first kappa shape index (κ1) is 18.4. The van der Waals surface area contributed by atoms with Crippen molar-refractivity contribution in [2.75, 3.05) is 0 Å². The fourth-order valence-corrected chi connectivity index (χ4v) is 3.93. The lowest BCUT2D eigenvalue weighted by atomic mass is 10.3. The number of nitrogens with zero attached hydrogens (tertiary/aromatic N) is 3. The summed E-state index contributed by atoms with van der Waals surface area (Å²) in [5.74, 6) is 0.0698. The van der Waals surface area contributed by atoms with E-state index in [0.717, 1.165) is 21.5 Å². The second-order valence-electron chi connectivity index (χ2n) is 5.63. The molecule has 1 aliphatic heterocycles. The summed E-state index contributed by atoms with van der Waals surface area (Å²) in [4.78, 5) is 31.1. The lowest BCUT2D eigenvalue weighted by Gasteiger charge is -2.08. The van der Waals surface area contributed by atoms with Crippen LogP contribution in [-0.4, -0.2) is 26.2 Å². The summed E-state index contributed by atoms with van der Waals surface area (Å²) in [6.07, 6.45) is 1.69. The van der Waals surface area contributed by atoms with Crippen molar-refractivity contribution in [1.29, 1.82) is 0 Å². The first-order valence-electron chi connectivity index (χ1n) is 8.07. The Kier molecular flexibility index (Phi) is 5.22. The molecule has 3 heterocycles. The molecule has 1 saturated heterocycles. The van der Waals surface area contributed by atoms with E-state index >= 15 is 0 Å². The van der Waals surface area contributed by atoms with Gasteiger partial charge in [-0.05, 0) is 53.5 Å². The molecule has 0 atom stereocenters. The molecule has 142 valence electrons. The van der Waals surface area contributed by atoms with E-state index < -0.39 is 11.1 Å². The smallest absolute Gasteiger partial charge is 0.294 e. The zero-order valence-electron chi connectivity index (χ0n) is 14.2. The van der Waals surface area contributed by atoms with Gasteiger partial charge in [-0.3, -0.25) is 14.5 Å². The molecule has 3 aromatic rings. The summed E-state index contributed by atoms with van der Waals surface area (Å²) in [6, 6.07) is 9.26. The number of amides is 2. The van der Waals surface area contributed by atoms with E-state index in [1.807, 2.05) is 17.5 Å². The van der Waals surface area contributed by atoms with Gasteiger partial charge in [0.2, 0.25) is 11.7 Å². The van der Waals surface area contributed by atoms with E-state index in [4.69, 9.17) is 9.26 Å². The minimum atomic E-state index is -0.397. The maximum Gasteiger partial charge on any atom is 0.294 e. The largest absolute Gasteiger partial charge is 0.485 e. The van der Waals surface area contributed by atoms with Gasteiger partial charge in [0.1, 0.15) is 18.1 Å². The lowest BCUT2D eigenvalue weighted by Crippen LogP contribution is -2.27. The second-order valence-corrected chi connectivity index (χ2v) is 7.60. The topological polar surface area (TPSA) is 85.5 Å². The Morgan fingerprint density at radius 1 is 1.21 bits per heavy atom. The van der Waals surface area contributed by atoms with Crippen LogP contribution >= 0.6 is 23.1 Å². The number of rotatable bonds is 6. The molecule has 0 saturated carbocycles. The Morgan fingerprint density at radius 3 is 2.79 bits per heavy atom. The summed E-state index contributed by atoms with van der Waals surface area (Å²) in [5.41, 5.74) is 0. The number of aromatic nitrogens is 2. The summed E-state index contributed by atoms with van der Waals surface area (Å²) >= 11 is 2.35. The van der Waals surface area contributed by atoms with Crippen LogP contribution in [0.2, 0.25) is 0 Å². The third-order valence-corrected chi connectivity index (χ3v) is 5.40. The molecule has 4 rings (SSSR count). The molecule has 0 unspecified atom stereocenters. The van der Waals surface area contributed by atoms with E-state index in [0.29, 0.717) is 10.7 Å². The first-order chi connectivity index (χ1) is 13.6. The van der Waals surface area contributed by atoms with Gasteiger partial charge in [-0.2, -0.15) is 4.98 Å². The average molecular weight is 417 g/mol. The van der Waals surface area contributed by atoms with Gasteiger partial charge in [-0.15, -0.1) is 11.3 Å². The monoisotopic (exact) mass is 417 g/mol. The molecule has 0 N–H and O–H groups in total. The highest BCUT2D eigenvalue weighted by Gasteiger charge is 2.36. The predicted octanol–water partition coefficient (Wildman–Crippen LogP) is 4.09. The van der Waals surface area contributed by atoms with Crippen molar-refractivity contribution in [3.8, 4) is 5.75 Å². The normalized spacial score (nSPS) is 15.6. The number of imide groups is 1. The third kappa shape index (κ3) is 4.12. The molecule has 1 aliphatic rings. The molecule has 10 heteroatoms. The van der Waals surface area contributed by atoms with Crippen LogP contribution in [0.4, 0.5) is 9.18 Å². The van der Waals surface area contributed by atoms with Crippen LogP contribution in [0.3, 0.4) is 0 Å². The summed E-state index contributed by atoms with van der Waals surface area (Å²) in [7, 11) is 0. The van der Waals surface area contributed by atoms with Gasteiger partial charge in [0.05, 0.1) is 4.91 Å². The van der Waals surface area contributed by atoms with Gasteiger partial charge in [0.15, 0.2) is 6.61 Å². The van der Waals surface area contributed by atoms with Gasteiger partial charge >= 0.3 is 0 Å². The zero-order chi connectivity index (χ0) is 19.5. The molecular formula is C18H12FN3O4S2. The van der Waals surface area contributed by atoms with Gasteiger partial charge in [-0.25, -0.2) is 4.39 Å². The fourth-order valence-electron chi connectivity index (χ4n) is 2.37. The summed E-state index contributed by atoms with van der Waals surface area (Å²) in [5, 5.41) is 5.27. The molecule has 1 aromatic carbocycles. The minimum Gasteiger partial charge on any atom is -0.485 e. The number of benzene rings is 1. The third-order valence-electron chi connectivity index (χ3n) is 3.68. The number of carbonyl (C=O) groups is 2. The molecule has 2 aromatic heterocycles. The Labute approximate surface area is 166 Å². The Hall–Kier alpha value is -2.98. The molecular weight excluding hydrogens is 405 g/mol. The second kappa shape index (κ2) is 7.95. The van der Waals surface area contributed by atoms with Crippen LogP contribution < -0.4 is 4.74 Å². The van der Waals surface area contributed by atoms with E-state index in [-0.39, 0.29) is 30.7 Å². The predicted molar refractivity (Wildman–Crippen MR) is 101 cm³/mol. The van der Waals surface area contributed by atoms with Crippen LogP contribution in [-0.2, 0) is 17.9 Å². The van der Waals surface area contributed by atoms with E-state index in [1.54, 1.807) is 6.08 Å². The standard InChI is InChI=1S/C18H12FN3O4S2/c19-11-3-5-12(6-4-11)25-10-15-20-16(26-21-15)9-22-17(23)14(28-18(22)24)8-13-2-1-7-27-13/h1-8H,9-10H2. The molecule has 0 aliphatic carbocycles. The Balaban J connectivity index is 1.38. The SMILES string of the molecule is O=C1SC(=Cc2cccs2)C(=O)N1Cc1nc(COc2ccc(F)cc2)no1. The highest BCUT2D eigenvalue weighted by Crippen LogP contribution is 2.33. The highest BCUT2D eigenvalue weighted by atomic mass is 32.2. The van der Waals surface area contributed by atoms with Crippen molar-refractivity contribution in [3.63, 3.8) is 0 Å². The van der Waals surface area contributed by atoms with Crippen LogP contribution in [0.5, 0.6) is 5.75 Å². The molecule has 2 amide bonds. The van der Waals surface area contributed by atoms with Crippen molar-refractivity contribution in [2.45, 2.75) is 13.2 Å². The number of carbonyl (C=O) groups excluding carboxylic acids is 2. The average Bonchev–Trinajstić information content (AvgIpc) is 3.41. The Morgan fingerprint density at radius 2 is 2.04 bits per heavy atom. The summed E-state index contributed by atoms with van der Waals surface area (Å²) in [6.45, 7) is -0.106. The number of halogens is 1. The van der Waals surface area contributed by atoms with Crippen LogP contribution in [0.1, 0.15) is 16.6 Å². The van der Waals surface area contributed by atoms with Crippen LogP contribution in [0.15, 0.2) is 51.2 Å². The maximum atomic E-state index is 12.9. The van der Waals surface area contributed by atoms with E-state index in [1.165, 1.54) is 35.6 Å². The molecule has 7 nitrogen and oxygen atoms in total. The van der Waals surface area contributed by atoms with Crippen molar-refractivity contribution in [1.82, 2.24) is 15.0 Å². The molecule has 0 spiro atoms. The minimum absolute atomic E-state index is 0.00923. The number of hydrogen-bond acceptors (Lipinski definition) is 8. The van der Waals surface area contributed by atoms with Gasteiger partial charge in [-0.1, -0.05) is 11.2 Å². The quantitative estimate of drug-likeness (QED) is 0.559. The van der Waals surface area contributed by atoms with Crippen LogP contribution in [0.25, 0.3) is 6.08 Å². The number of hydrogen-bond donors (Lipinski definition) is 0. The first-order valence-corrected chi connectivity index (χ1v) is 9.77. The van der Waals surface area contributed by atoms with Crippen molar-refractivity contribution in [2.24, 2.45) is 0 Å². The van der Waals surface area contributed by atoms with Crippen molar-refractivity contribution in [3.05, 3.63) is 69.1 Å². The molecule has 0 bridgehead atoms. The Bertz CT molecular complexity index is 1030. The zero-order valence-corrected chi connectivity index (χ0v) is 15.8.